The molecule has 0 aliphatic heterocycles. The molecule has 0 bridgehead atoms. The van der Waals surface area contributed by atoms with Gasteiger partial charge in [0.05, 0.1) is 0 Å². The van der Waals surface area contributed by atoms with E-state index in [1.165, 1.54) is 0 Å². The number of hydrogen-bond acceptors (Lipinski definition) is 0. The van der Waals surface area contributed by atoms with Crippen molar-refractivity contribution in [1.29, 1.82) is 0 Å². The Morgan fingerprint density at radius 1 is 0.591 bits per heavy atom. The van der Waals surface area contributed by atoms with E-state index in [9.17, 15) is 0 Å². The molecule has 0 aromatic rings. The second-order valence-corrected chi connectivity index (χ2v) is 4.81. The second kappa shape index (κ2) is 33.2. The molecule has 0 atom stereocenters. The van der Waals surface area contributed by atoms with E-state index in [1.807, 2.05) is 62.3 Å². The van der Waals surface area contributed by atoms with Crippen LogP contribution in [-0.2, 0) is 22.4 Å². The quantitative estimate of drug-likeness (QED) is 0.446. The summed E-state index contributed by atoms with van der Waals surface area (Å²) in [5.74, 6) is 0. The van der Waals surface area contributed by atoms with Crippen LogP contribution in [0.25, 0.3) is 21.7 Å². The standard InChI is InChI=1S/C5H12N.3C4H10N.Nb/c1-4-5(2,3)6;3*1-3-5-4-2;/h6H,4H2,1-3H3;3*3-4H2,1-2H3;/q4*-1;. The summed E-state index contributed by atoms with van der Waals surface area (Å²) in [6, 6.07) is 0. The Hall–Kier alpha value is 0.580. The van der Waals surface area contributed by atoms with Crippen molar-refractivity contribution in [2.24, 2.45) is 0 Å². The summed E-state index contributed by atoms with van der Waals surface area (Å²) in [7, 11) is 0. The van der Waals surface area contributed by atoms with Crippen molar-refractivity contribution in [2.45, 2.75) is 74.3 Å². The third kappa shape index (κ3) is 86.0. The van der Waals surface area contributed by atoms with Crippen LogP contribution in [0.4, 0.5) is 0 Å². The van der Waals surface area contributed by atoms with Crippen LogP contribution in [0.15, 0.2) is 0 Å². The van der Waals surface area contributed by atoms with Crippen LogP contribution in [0.5, 0.6) is 0 Å². The molecule has 0 aliphatic rings. The average molecular weight is 395 g/mol. The van der Waals surface area contributed by atoms with Crippen LogP contribution >= 0.6 is 0 Å². The zero-order valence-electron chi connectivity index (χ0n) is 16.7. The molecule has 0 aromatic heterocycles. The van der Waals surface area contributed by atoms with Crippen molar-refractivity contribution in [2.75, 3.05) is 39.3 Å². The Balaban J connectivity index is -0.0000000577. The van der Waals surface area contributed by atoms with Gasteiger partial charge in [0.1, 0.15) is 0 Å². The smallest absolute Gasteiger partial charge is 0 e. The molecule has 0 spiro atoms. The van der Waals surface area contributed by atoms with Crippen molar-refractivity contribution in [3.8, 4) is 0 Å². The van der Waals surface area contributed by atoms with Gasteiger partial charge in [-0.15, -0.1) is 5.54 Å². The SMILES string of the molecule is CCC(C)(C)[NH-].CC[N-]CC.CC[N-]CC.CC[N-]CC.[Nb]. The molecule has 5 heteroatoms. The number of nitrogens with zero attached hydrogens (tertiary/aromatic N) is 3. The topological polar surface area (TPSA) is 66.1 Å². The minimum Gasteiger partial charge on any atom is -0.672 e. The second-order valence-electron chi connectivity index (χ2n) is 4.81. The zero-order valence-corrected chi connectivity index (χ0v) is 18.9. The van der Waals surface area contributed by atoms with Crippen LogP contribution in [-0.4, -0.2) is 44.8 Å². The van der Waals surface area contributed by atoms with Gasteiger partial charge in [-0.25, -0.2) is 0 Å². The van der Waals surface area contributed by atoms with Crippen molar-refractivity contribution in [1.82, 2.24) is 0 Å². The molecule has 0 amide bonds. The molecule has 0 unspecified atom stereocenters. The van der Waals surface area contributed by atoms with Gasteiger partial charge >= 0.3 is 0 Å². The minimum absolute atomic E-state index is 0. The first-order valence-corrected chi connectivity index (χ1v) is 8.45. The molecule has 0 fully saturated rings. The molecule has 139 valence electrons. The molecule has 0 saturated carbocycles. The van der Waals surface area contributed by atoms with Gasteiger partial charge in [-0.05, 0) is 0 Å². The first-order valence-electron chi connectivity index (χ1n) is 8.45. The summed E-state index contributed by atoms with van der Waals surface area (Å²) in [6.07, 6.45) is 0.938. The normalized spacial score (nSPS) is 9.00. The first kappa shape index (κ1) is 34.0. The van der Waals surface area contributed by atoms with E-state index in [2.05, 4.69) is 16.0 Å². The van der Waals surface area contributed by atoms with Gasteiger partial charge in [0.15, 0.2) is 0 Å². The fourth-order valence-corrected chi connectivity index (χ4v) is 0.671. The maximum absolute atomic E-state index is 7.18. The largest absolute Gasteiger partial charge is 0.672 e. The molecular weight excluding hydrogens is 353 g/mol. The van der Waals surface area contributed by atoms with Gasteiger partial charge in [0.25, 0.3) is 0 Å². The molecule has 1 radical (unpaired) electrons. The molecule has 0 rings (SSSR count). The monoisotopic (exact) mass is 395 g/mol. The fourth-order valence-electron chi connectivity index (χ4n) is 0.671. The van der Waals surface area contributed by atoms with E-state index in [0.717, 1.165) is 45.7 Å². The van der Waals surface area contributed by atoms with Crippen molar-refractivity contribution < 1.29 is 22.4 Å². The van der Waals surface area contributed by atoms with Crippen LogP contribution in [0.1, 0.15) is 68.7 Å². The van der Waals surface area contributed by atoms with E-state index < -0.39 is 0 Å². The Bertz CT molecular complexity index is 119. The Morgan fingerprint density at radius 2 is 0.727 bits per heavy atom. The van der Waals surface area contributed by atoms with E-state index in [-0.39, 0.29) is 27.9 Å². The van der Waals surface area contributed by atoms with E-state index >= 15 is 0 Å². The van der Waals surface area contributed by atoms with E-state index in [4.69, 9.17) is 5.73 Å². The third-order valence-electron chi connectivity index (χ3n) is 2.23. The third-order valence-corrected chi connectivity index (χ3v) is 2.23. The molecule has 4 nitrogen and oxygen atoms in total. The molecule has 0 aromatic carbocycles. The fraction of sp³-hybridized carbons (Fsp3) is 1.00. The summed E-state index contributed by atoms with van der Waals surface area (Å²) < 4.78 is 0. The Labute approximate surface area is 157 Å². The Kier molecular flexibility index (Phi) is 51.4. The Morgan fingerprint density at radius 3 is 0.727 bits per heavy atom. The van der Waals surface area contributed by atoms with Crippen molar-refractivity contribution in [3.05, 3.63) is 21.7 Å². The van der Waals surface area contributed by atoms with Gasteiger partial charge in [-0.3, -0.25) is 0 Å². The maximum atomic E-state index is 7.18. The van der Waals surface area contributed by atoms with Gasteiger partial charge < -0.3 is 21.7 Å². The predicted molar refractivity (Wildman–Crippen MR) is 102 cm³/mol. The van der Waals surface area contributed by atoms with E-state index in [1.54, 1.807) is 0 Å². The summed E-state index contributed by atoms with van der Waals surface area (Å²) in [6.45, 7) is 23.9. The van der Waals surface area contributed by atoms with Gasteiger partial charge in [0.2, 0.25) is 0 Å². The summed E-state index contributed by atoms with van der Waals surface area (Å²) in [5, 5.41) is 11.9. The summed E-state index contributed by atoms with van der Waals surface area (Å²) in [5.41, 5.74) is 6.97. The van der Waals surface area contributed by atoms with Crippen LogP contribution < -0.4 is 0 Å². The summed E-state index contributed by atoms with van der Waals surface area (Å²) in [4.78, 5) is 0. The van der Waals surface area contributed by atoms with E-state index in [0.29, 0.717) is 0 Å². The number of rotatable bonds is 7. The molecule has 1 N–H and O–H groups in total. The zero-order chi connectivity index (χ0) is 17.6. The summed E-state index contributed by atoms with van der Waals surface area (Å²) >= 11 is 0. The number of hydrogen-bond donors (Lipinski definition) is 0. The molecule has 0 saturated heterocycles. The average Bonchev–Trinajstić information content (AvgIpc) is 2.43. The van der Waals surface area contributed by atoms with Crippen LogP contribution in [0.2, 0.25) is 0 Å². The minimum atomic E-state index is -0.208. The first-order chi connectivity index (χ1) is 9.80. The molecule has 0 aliphatic carbocycles. The van der Waals surface area contributed by atoms with Crippen LogP contribution in [0.3, 0.4) is 0 Å². The van der Waals surface area contributed by atoms with Crippen molar-refractivity contribution in [3.63, 3.8) is 0 Å². The molecule has 0 heterocycles. The molecule has 22 heavy (non-hydrogen) atoms. The van der Waals surface area contributed by atoms with Crippen molar-refractivity contribution >= 4 is 0 Å². The van der Waals surface area contributed by atoms with Crippen LogP contribution in [0, 0.1) is 0 Å². The maximum Gasteiger partial charge on any atom is 0 e. The van der Waals surface area contributed by atoms with Gasteiger partial charge in [-0.2, -0.15) is 39.3 Å². The molecular formula is C17H42N4Nb-4. The number of nitrogens with one attached hydrogen (secondary N) is 1. The van der Waals surface area contributed by atoms with Gasteiger partial charge in [-0.1, -0.05) is 68.7 Å². The predicted octanol–water partition coefficient (Wildman–Crippen LogP) is 6.42. The van der Waals surface area contributed by atoms with Gasteiger partial charge in [0, 0.05) is 22.4 Å².